The van der Waals surface area contributed by atoms with Gasteiger partial charge < -0.3 is 9.51 Å². The van der Waals surface area contributed by atoms with Crippen molar-refractivity contribution in [1.29, 1.82) is 0 Å². The number of aryl methyl sites for hydroxylation is 1. The summed E-state index contributed by atoms with van der Waals surface area (Å²) < 4.78 is 22.0. The fourth-order valence-corrected chi connectivity index (χ4v) is 5.91. The molecule has 30 heavy (non-hydrogen) atoms. The van der Waals surface area contributed by atoms with Gasteiger partial charge in [-0.25, -0.2) is 4.67 Å². The minimum atomic E-state index is -3.45. The van der Waals surface area contributed by atoms with Gasteiger partial charge in [0.2, 0.25) is 5.43 Å². The summed E-state index contributed by atoms with van der Waals surface area (Å²) in [5.74, 6) is 0.0991. The predicted molar refractivity (Wildman–Crippen MR) is 123 cm³/mol. The molecule has 2 aliphatic rings. The number of fused-ring (bicyclic) bond motifs is 2. The van der Waals surface area contributed by atoms with Gasteiger partial charge in [-0.3, -0.25) is 9.36 Å². The molecular weight excluding hydrogens is 395 g/mol. The van der Waals surface area contributed by atoms with Crippen molar-refractivity contribution in [3.05, 3.63) is 82.5 Å². The van der Waals surface area contributed by atoms with Crippen LogP contribution in [0.4, 0.5) is 0 Å². The van der Waals surface area contributed by atoms with Gasteiger partial charge in [0.1, 0.15) is 0 Å². The first-order valence-electron chi connectivity index (χ1n) is 10.1. The summed E-state index contributed by atoms with van der Waals surface area (Å²) in [5.41, 5.74) is 2.99. The average molecular weight is 420 g/mol. The van der Waals surface area contributed by atoms with Crippen LogP contribution in [0.5, 0.6) is 5.75 Å². The molecule has 0 amide bonds. The standard InChI is InChI=1S/C24H25N2O3P/c1-4-26(5-2)30(28,19-12-10-17(3)11-13-19)29-23-15-14-22-20(24(23)27)16-18-8-6-7-9-21(18)25-22/h6-16,25H,4-5H2,1-3H3. The number of benzene rings is 3. The molecule has 0 bridgehead atoms. The number of hydrogen-bond acceptors (Lipinski definition) is 3. The monoisotopic (exact) mass is 420 g/mol. The van der Waals surface area contributed by atoms with Gasteiger partial charge >= 0.3 is 7.52 Å². The summed E-state index contributed by atoms with van der Waals surface area (Å²) >= 11 is 0. The second kappa shape index (κ2) is 8.10. The summed E-state index contributed by atoms with van der Waals surface area (Å²) in [5, 5.41) is 1.52. The van der Waals surface area contributed by atoms with E-state index in [0.29, 0.717) is 24.0 Å². The first kappa shape index (κ1) is 20.4. The first-order valence-corrected chi connectivity index (χ1v) is 11.7. The number of pyridine rings is 1. The van der Waals surface area contributed by atoms with Crippen LogP contribution in [0, 0.1) is 6.92 Å². The molecule has 5 nitrogen and oxygen atoms in total. The number of nitrogens with zero attached hydrogens (tertiary/aromatic N) is 1. The van der Waals surface area contributed by atoms with Gasteiger partial charge in [-0.1, -0.05) is 49.7 Å². The Kier molecular flexibility index (Phi) is 5.50. The largest absolute Gasteiger partial charge is 0.425 e. The summed E-state index contributed by atoms with van der Waals surface area (Å²) in [6.07, 6.45) is 0. The zero-order chi connectivity index (χ0) is 21.3. The molecular formula is C24H25N2O3P. The number of aromatic amines is 1. The van der Waals surface area contributed by atoms with E-state index in [0.717, 1.165) is 22.2 Å². The maximum atomic E-state index is 14.1. The van der Waals surface area contributed by atoms with Gasteiger partial charge in [0, 0.05) is 24.2 Å². The lowest BCUT2D eigenvalue weighted by molar-refractivity contribution is 0.380. The quantitative estimate of drug-likeness (QED) is 0.345. The third-order valence-corrected chi connectivity index (χ3v) is 8.08. The van der Waals surface area contributed by atoms with Crippen LogP contribution in [0.25, 0.3) is 22.2 Å². The van der Waals surface area contributed by atoms with E-state index in [1.54, 1.807) is 16.8 Å². The van der Waals surface area contributed by atoms with Crippen molar-refractivity contribution < 1.29 is 9.09 Å². The number of para-hydroxylation sites is 1. The zero-order valence-corrected chi connectivity index (χ0v) is 18.3. The van der Waals surface area contributed by atoms with E-state index < -0.39 is 7.52 Å². The van der Waals surface area contributed by atoms with Crippen molar-refractivity contribution in [2.75, 3.05) is 13.1 Å². The Balaban J connectivity index is 1.85. The van der Waals surface area contributed by atoms with Crippen LogP contribution < -0.4 is 15.3 Å². The molecule has 0 radical (unpaired) electrons. The Morgan fingerprint density at radius 2 is 1.67 bits per heavy atom. The maximum Gasteiger partial charge on any atom is 0.349 e. The van der Waals surface area contributed by atoms with Gasteiger partial charge in [0.05, 0.1) is 11.0 Å². The summed E-state index contributed by atoms with van der Waals surface area (Å²) in [6, 6.07) is 20.5. The van der Waals surface area contributed by atoms with Crippen LogP contribution in [-0.4, -0.2) is 22.7 Å². The molecule has 0 saturated carbocycles. The average Bonchev–Trinajstić information content (AvgIpc) is 2.76. The molecule has 2 aromatic carbocycles. The van der Waals surface area contributed by atoms with Gasteiger partial charge in [0.15, 0.2) is 5.75 Å². The van der Waals surface area contributed by atoms with Crippen LogP contribution in [0.2, 0.25) is 0 Å². The summed E-state index contributed by atoms with van der Waals surface area (Å²) in [7, 11) is -3.45. The molecule has 1 aliphatic carbocycles. The third kappa shape index (κ3) is 3.55. The van der Waals surface area contributed by atoms with Crippen LogP contribution in [0.3, 0.4) is 0 Å². The molecule has 154 valence electrons. The molecule has 2 aromatic rings. The van der Waals surface area contributed by atoms with E-state index in [-0.39, 0.29) is 11.2 Å². The predicted octanol–water partition coefficient (Wildman–Crippen LogP) is 5.18. The Labute approximate surface area is 176 Å². The van der Waals surface area contributed by atoms with Crippen LogP contribution in [0.15, 0.2) is 71.5 Å². The fourth-order valence-electron chi connectivity index (χ4n) is 3.68. The summed E-state index contributed by atoms with van der Waals surface area (Å²) in [6.45, 7) is 6.94. The van der Waals surface area contributed by atoms with E-state index in [9.17, 15) is 9.36 Å². The Morgan fingerprint density at radius 3 is 2.37 bits per heavy atom. The number of H-pyrrole nitrogens is 1. The normalized spacial score (nSPS) is 13.6. The number of rotatable bonds is 6. The zero-order valence-electron chi connectivity index (χ0n) is 17.4. The smallest absolute Gasteiger partial charge is 0.349 e. The second-order valence-corrected chi connectivity index (χ2v) is 9.60. The van der Waals surface area contributed by atoms with Crippen LogP contribution in [0.1, 0.15) is 19.4 Å². The number of hydrogen-bond donors (Lipinski definition) is 1. The molecule has 0 spiro atoms. The van der Waals surface area contributed by atoms with E-state index >= 15 is 0 Å². The minimum absolute atomic E-state index is 0.0991. The van der Waals surface area contributed by atoms with Crippen molar-refractivity contribution >= 4 is 23.7 Å². The Bertz CT molecular complexity index is 1260. The molecule has 1 atom stereocenters. The third-order valence-electron chi connectivity index (χ3n) is 5.37. The molecule has 1 aliphatic heterocycles. The lowest BCUT2D eigenvalue weighted by Crippen LogP contribution is -2.30. The van der Waals surface area contributed by atoms with Gasteiger partial charge in [0.25, 0.3) is 0 Å². The molecule has 4 rings (SSSR count). The van der Waals surface area contributed by atoms with Crippen molar-refractivity contribution in [1.82, 2.24) is 9.65 Å². The van der Waals surface area contributed by atoms with E-state index in [4.69, 9.17) is 4.52 Å². The van der Waals surface area contributed by atoms with Gasteiger partial charge in [-0.15, -0.1) is 0 Å². The molecule has 6 heteroatoms. The first-order chi connectivity index (χ1) is 14.5. The molecule has 1 heterocycles. The van der Waals surface area contributed by atoms with Crippen LogP contribution >= 0.6 is 7.52 Å². The van der Waals surface area contributed by atoms with E-state index in [1.165, 1.54) is 0 Å². The van der Waals surface area contributed by atoms with Crippen molar-refractivity contribution in [2.24, 2.45) is 0 Å². The molecule has 1 unspecified atom stereocenters. The topological polar surface area (TPSA) is 62.4 Å². The Morgan fingerprint density at radius 1 is 0.967 bits per heavy atom. The highest BCUT2D eigenvalue weighted by Gasteiger charge is 2.35. The highest BCUT2D eigenvalue weighted by molar-refractivity contribution is 7.65. The fraction of sp³-hybridized carbons (Fsp3) is 0.208. The van der Waals surface area contributed by atoms with E-state index in [1.807, 2.05) is 75.4 Å². The lowest BCUT2D eigenvalue weighted by atomic mass is 10.1. The molecule has 0 saturated heterocycles. The van der Waals surface area contributed by atoms with Gasteiger partial charge in [-0.2, -0.15) is 0 Å². The highest BCUT2D eigenvalue weighted by atomic mass is 31.2. The summed E-state index contributed by atoms with van der Waals surface area (Å²) in [4.78, 5) is 16.5. The number of aromatic nitrogens is 1. The molecule has 0 aromatic heterocycles. The Hall–Kier alpha value is -2.88. The minimum Gasteiger partial charge on any atom is -0.425 e. The highest BCUT2D eigenvalue weighted by Crippen LogP contribution is 2.49. The van der Waals surface area contributed by atoms with Crippen molar-refractivity contribution in [3.8, 4) is 17.0 Å². The van der Waals surface area contributed by atoms with Crippen molar-refractivity contribution in [3.63, 3.8) is 0 Å². The SMILES string of the molecule is CCN(CC)P(=O)(Oc1ccc2[nH]c3ccccc3cc-2c1=O)c1ccc(C)cc1. The molecule has 0 fully saturated rings. The van der Waals surface area contributed by atoms with E-state index in [2.05, 4.69) is 4.98 Å². The van der Waals surface area contributed by atoms with Gasteiger partial charge in [-0.05, 0) is 48.7 Å². The van der Waals surface area contributed by atoms with Crippen molar-refractivity contribution in [2.45, 2.75) is 20.8 Å². The second-order valence-electron chi connectivity index (χ2n) is 7.30. The molecule has 1 N–H and O–H groups in total. The van der Waals surface area contributed by atoms with Crippen LogP contribution in [-0.2, 0) is 4.57 Å². The lowest BCUT2D eigenvalue weighted by Gasteiger charge is -2.29. The number of nitrogens with one attached hydrogen (secondary N) is 1. The maximum absolute atomic E-state index is 14.1.